The zero-order chi connectivity index (χ0) is 15.6. The molecule has 1 aromatic heterocycles. The lowest BCUT2D eigenvalue weighted by Gasteiger charge is -2.18. The van der Waals surface area contributed by atoms with Crippen molar-refractivity contribution in [3.8, 4) is 0 Å². The maximum Gasteiger partial charge on any atom is 0.234 e. The van der Waals surface area contributed by atoms with Gasteiger partial charge in [0.1, 0.15) is 6.33 Å². The summed E-state index contributed by atoms with van der Waals surface area (Å²) in [5.74, 6) is 0.855. The van der Waals surface area contributed by atoms with Crippen LogP contribution < -0.4 is 5.32 Å². The summed E-state index contributed by atoms with van der Waals surface area (Å²) in [5, 5.41) is 10.9. The van der Waals surface area contributed by atoms with Gasteiger partial charge in [0.2, 0.25) is 5.91 Å². The van der Waals surface area contributed by atoms with Crippen LogP contribution in [0.4, 0.5) is 0 Å². The van der Waals surface area contributed by atoms with E-state index in [0.29, 0.717) is 19.7 Å². The fraction of sp³-hybridized carbons (Fsp3) is 0.800. The lowest BCUT2D eigenvalue weighted by Crippen LogP contribution is -2.37. The first-order chi connectivity index (χ1) is 10.8. The third kappa shape index (κ3) is 5.73. The minimum atomic E-state index is 0.0633. The SMILES string of the molecule is COCCCn1cnnc1CNC(=O)CN1CCCCCC1. The number of methoxy groups -OCH3 is 1. The standard InChI is InChI=1S/C15H27N5O2/c1-22-10-6-9-20-13-17-18-14(20)11-16-15(21)12-19-7-4-2-3-5-8-19/h13H,2-12H2,1H3,(H,16,21). The van der Waals surface area contributed by atoms with Gasteiger partial charge in [-0.25, -0.2) is 0 Å². The van der Waals surface area contributed by atoms with Crippen LogP contribution in [0.2, 0.25) is 0 Å². The van der Waals surface area contributed by atoms with Crippen LogP contribution in [-0.4, -0.2) is 58.9 Å². The molecule has 124 valence electrons. The molecule has 1 saturated heterocycles. The van der Waals surface area contributed by atoms with E-state index in [-0.39, 0.29) is 5.91 Å². The summed E-state index contributed by atoms with van der Waals surface area (Å²) in [6.07, 6.45) is 7.56. The van der Waals surface area contributed by atoms with Gasteiger partial charge in [-0.2, -0.15) is 0 Å². The number of aryl methyl sites for hydroxylation is 1. The Morgan fingerprint density at radius 3 is 2.82 bits per heavy atom. The Hall–Kier alpha value is -1.47. The first-order valence-corrected chi connectivity index (χ1v) is 8.14. The number of nitrogens with zero attached hydrogens (tertiary/aromatic N) is 4. The molecule has 22 heavy (non-hydrogen) atoms. The highest BCUT2D eigenvalue weighted by Gasteiger charge is 2.13. The minimum absolute atomic E-state index is 0.0633. The van der Waals surface area contributed by atoms with E-state index in [9.17, 15) is 4.79 Å². The normalized spacial score (nSPS) is 16.4. The second-order valence-corrected chi connectivity index (χ2v) is 5.75. The number of hydrogen-bond acceptors (Lipinski definition) is 5. The molecule has 0 saturated carbocycles. The highest BCUT2D eigenvalue weighted by atomic mass is 16.5. The number of ether oxygens (including phenoxy) is 1. The van der Waals surface area contributed by atoms with E-state index in [0.717, 1.165) is 31.9 Å². The number of likely N-dealkylation sites (tertiary alicyclic amines) is 1. The summed E-state index contributed by atoms with van der Waals surface area (Å²) in [6, 6.07) is 0. The summed E-state index contributed by atoms with van der Waals surface area (Å²) >= 11 is 0. The van der Waals surface area contributed by atoms with E-state index in [1.807, 2.05) is 4.57 Å². The fourth-order valence-corrected chi connectivity index (χ4v) is 2.71. The molecule has 0 atom stereocenters. The number of nitrogens with one attached hydrogen (secondary N) is 1. The third-order valence-corrected chi connectivity index (χ3v) is 3.95. The molecule has 1 aromatic rings. The Morgan fingerprint density at radius 2 is 2.09 bits per heavy atom. The minimum Gasteiger partial charge on any atom is -0.385 e. The van der Waals surface area contributed by atoms with Crippen LogP contribution in [0.25, 0.3) is 0 Å². The second-order valence-electron chi connectivity index (χ2n) is 5.75. The number of hydrogen-bond donors (Lipinski definition) is 1. The molecule has 1 aliphatic rings. The molecule has 0 unspecified atom stereocenters. The molecular weight excluding hydrogens is 282 g/mol. The molecule has 0 aliphatic carbocycles. The van der Waals surface area contributed by atoms with Crippen LogP contribution >= 0.6 is 0 Å². The quantitative estimate of drug-likeness (QED) is 0.719. The van der Waals surface area contributed by atoms with Gasteiger partial charge in [-0.15, -0.1) is 10.2 Å². The summed E-state index contributed by atoms with van der Waals surface area (Å²) in [7, 11) is 1.69. The van der Waals surface area contributed by atoms with Crippen LogP contribution in [0, 0.1) is 0 Å². The predicted octanol–water partition coefficient (Wildman–Crippen LogP) is 0.807. The molecule has 1 amide bonds. The van der Waals surface area contributed by atoms with Gasteiger partial charge in [0.15, 0.2) is 5.82 Å². The number of carbonyl (C=O) groups is 1. The Labute approximate surface area is 132 Å². The highest BCUT2D eigenvalue weighted by Crippen LogP contribution is 2.08. The maximum atomic E-state index is 12.1. The summed E-state index contributed by atoms with van der Waals surface area (Å²) < 4.78 is 7.01. The molecule has 1 N–H and O–H groups in total. The predicted molar refractivity (Wildman–Crippen MR) is 83.3 cm³/mol. The smallest absolute Gasteiger partial charge is 0.234 e. The monoisotopic (exact) mass is 309 g/mol. The van der Waals surface area contributed by atoms with Crippen molar-refractivity contribution in [2.24, 2.45) is 0 Å². The third-order valence-electron chi connectivity index (χ3n) is 3.95. The van der Waals surface area contributed by atoms with Crippen LogP contribution in [0.3, 0.4) is 0 Å². The van der Waals surface area contributed by atoms with Crippen molar-refractivity contribution in [2.45, 2.75) is 45.2 Å². The number of amides is 1. The molecule has 7 nitrogen and oxygen atoms in total. The number of aromatic nitrogens is 3. The van der Waals surface area contributed by atoms with Gasteiger partial charge in [0, 0.05) is 20.3 Å². The van der Waals surface area contributed by atoms with Gasteiger partial charge < -0.3 is 14.6 Å². The van der Waals surface area contributed by atoms with E-state index in [1.165, 1.54) is 25.7 Å². The van der Waals surface area contributed by atoms with Gasteiger partial charge in [-0.05, 0) is 32.4 Å². The summed E-state index contributed by atoms with van der Waals surface area (Å²) in [5.41, 5.74) is 0. The molecule has 0 spiro atoms. The topological polar surface area (TPSA) is 72.3 Å². The van der Waals surface area contributed by atoms with Crippen molar-refractivity contribution in [2.75, 3.05) is 33.4 Å². The lowest BCUT2D eigenvalue weighted by molar-refractivity contribution is -0.122. The van der Waals surface area contributed by atoms with E-state index >= 15 is 0 Å². The maximum absolute atomic E-state index is 12.1. The highest BCUT2D eigenvalue weighted by molar-refractivity contribution is 5.77. The molecular formula is C15H27N5O2. The zero-order valence-electron chi connectivity index (χ0n) is 13.5. The van der Waals surface area contributed by atoms with E-state index in [1.54, 1.807) is 13.4 Å². The molecule has 2 rings (SSSR count). The van der Waals surface area contributed by atoms with Gasteiger partial charge >= 0.3 is 0 Å². The van der Waals surface area contributed by atoms with Crippen molar-refractivity contribution >= 4 is 5.91 Å². The average Bonchev–Trinajstić information content (AvgIpc) is 2.80. The molecule has 0 bridgehead atoms. The van der Waals surface area contributed by atoms with Crippen LogP contribution in [0.15, 0.2) is 6.33 Å². The fourth-order valence-electron chi connectivity index (χ4n) is 2.71. The van der Waals surface area contributed by atoms with Crippen molar-refractivity contribution in [1.29, 1.82) is 0 Å². The van der Waals surface area contributed by atoms with Crippen molar-refractivity contribution < 1.29 is 9.53 Å². The Balaban J connectivity index is 1.72. The first kappa shape index (κ1) is 16.9. The van der Waals surface area contributed by atoms with Gasteiger partial charge in [-0.3, -0.25) is 9.69 Å². The molecule has 1 fully saturated rings. The second kappa shape index (κ2) is 9.53. The summed E-state index contributed by atoms with van der Waals surface area (Å²) in [6.45, 7) is 4.48. The van der Waals surface area contributed by atoms with Crippen LogP contribution in [-0.2, 0) is 22.6 Å². The largest absolute Gasteiger partial charge is 0.385 e. The van der Waals surface area contributed by atoms with Gasteiger partial charge in [-0.1, -0.05) is 12.8 Å². The lowest BCUT2D eigenvalue weighted by atomic mass is 10.2. The molecule has 0 radical (unpaired) electrons. The van der Waals surface area contributed by atoms with Crippen molar-refractivity contribution in [1.82, 2.24) is 25.0 Å². The van der Waals surface area contributed by atoms with Crippen LogP contribution in [0.1, 0.15) is 37.9 Å². The molecule has 1 aliphatic heterocycles. The number of rotatable bonds is 8. The molecule has 0 aromatic carbocycles. The molecule has 2 heterocycles. The Bertz CT molecular complexity index is 441. The number of carbonyl (C=O) groups excluding carboxylic acids is 1. The van der Waals surface area contributed by atoms with Crippen LogP contribution in [0.5, 0.6) is 0 Å². The molecule has 7 heteroatoms. The Morgan fingerprint density at radius 1 is 1.32 bits per heavy atom. The van der Waals surface area contributed by atoms with Crippen molar-refractivity contribution in [3.63, 3.8) is 0 Å². The van der Waals surface area contributed by atoms with E-state index in [2.05, 4.69) is 20.4 Å². The van der Waals surface area contributed by atoms with E-state index in [4.69, 9.17) is 4.74 Å². The summed E-state index contributed by atoms with van der Waals surface area (Å²) in [4.78, 5) is 14.3. The first-order valence-electron chi connectivity index (χ1n) is 8.14. The van der Waals surface area contributed by atoms with Crippen molar-refractivity contribution in [3.05, 3.63) is 12.2 Å². The zero-order valence-corrected chi connectivity index (χ0v) is 13.5. The average molecular weight is 309 g/mol. The Kier molecular flexibility index (Phi) is 7.32. The van der Waals surface area contributed by atoms with Gasteiger partial charge in [0.25, 0.3) is 0 Å². The van der Waals surface area contributed by atoms with E-state index < -0.39 is 0 Å². The van der Waals surface area contributed by atoms with Gasteiger partial charge in [0.05, 0.1) is 13.1 Å².